The number of hydrogen-bond donors (Lipinski definition) is 0. The van der Waals surface area contributed by atoms with Crippen molar-refractivity contribution in [1.82, 2.24) is 0 Å². The highest BCUT2D eigenvalue weighted by Crippen LogP contribution is 2.29. The second-order valence-corrected chi connectivity index (χ2v) is 9.57. The molecule has 0 heterocycles. The third-order valence-electron chi connectivity index (χ3n) is 5.61. The van der Waals surface area contributed by atoms with Gasteiger partial charge in [-0.2, -0.15) is 0 Å². The molecule has 4 rings (SSSR count). The fourth-order valence-electron chi connectivity index (χ4n) is 3.96. The number of rotatable bonds is 6. The standard InChI is InChI=1S/C31H27F2NO3/c1-31(2,3)37-28(35)20-34(30(36)29-26(32)13-8-14-27(29)33)25-12-7-11-24(19-25)23-17-15-22(16-18-23)21-9-5-4-6-10-21/h4-19H,20H2,1-3H3. The number of esters is 1. The summed E-state index contributed by atoms with van der Waals surface area (Å²) in [5, 5.41) is 0. The van der Waals surface area contributed by atoms with Crippen LogP contribution >= 0.6 is 0 Å². The Balaban J connectivity index is 1.70. The number of amides is 1. The summed E-state index contributed by atoms with van der Waals surface area (Å²) in [5.74, 6) is -3.69. The minimum Gasteiger partial charge on any atom is -0.459 e. The monoisotopic (exact) mass is 499 g/mol. The van der Waals surface area contributed by atoms with Crippen molar-refractivity contribution in [2.24, 2.45) is 0 Å². The van der Waals surface area contributed by atoms with Crippen molar-refractivity contribution in [3.8, 4) is 22.3 Å². The Morgan fingerprint density at radius 3 is 1.81 bits per heavy atom. The third-order valence-corrected chi connectivity index (χ3v) is 5.61. The zero-order valence-electron chi connectivity index (χ0n) is 20.9. The van der Waals surface area contributed by atoms with Gasteiger partial charge in [0.15, 0.2) is 0 Å². The minimum atomic E-state index is -1.01. The number of hydrogen-bond acceptors (Lipinski definition) is 3. The van der Waals surface area contributed by atoms with E-state index in [1.165, 1.54) is 6.07 Å². The van der Waals surface area contributed by atoms with E-state index in [2.05, 4.69) is 0 Å². The molecule has 0 aromatic heterocycles. The van der Waals surface area contributed by atoms with E-state index in [0.29, 0.717) is 5.69 Å². The van der Waals surface area contributed by atoms with E-state index in [1.54, 1.807) is 39.0 Å². The molecule has 4 nitrogen and oxygen atoms in total. The van der Waals surface area contributed by atoms with Crippen LogP contribution in [0.5, 0.6) is 0 Å². The molecule has 0 N–H and O–H groups in total. The van der Waals surface area contributed by atoms with E-state index in [1.807, 2.05) is 60.7 Å². The Hall–Kier alpha value is -4.32. The zero-order valence-corrected chi connectivity index (χ0v) is 20.9. The lowest BCUT2D eigenvalue weighted by Crippen LogP contribution is -2.39. The summed E-state index contributed by atoms with van der Waals surface area (Å²) in [5.41, 5.74) is 2.57. The van der Waals surface area contributed by atoms with Crippen LogP contribution in [0, 0.1) is 11.6 Å². The lowest BCUT2D eigenvalue weighted by Gasteiger charge is -2.26. The Labute approximate surface area is 215 Å². The van der Waals surface area contributed by atoms with Crippen molar-refractivity contribution in [2.75, 3.05) is 11.4 Å². The lowest BCUT2D eigenvalue weighted by molar-refractivity contribution is -0.152. The van der Waals surface area contributed by atoms with Gasteiger partial charge < -0.3 is 4.74 Å². The van der Waals surface area contributed by atoms with Crippen molar-refractivity contribution in [2.45, 2.75) is 26.4 Å². The van der Waals surface area contributed by atoms with E-state index in [9.17, 15) is 18.4 Å². The Kier molecular flexibility index (Phi) is 7.48. The normalized spacial score (nSPS) is 11.2. The molecule has 1 amide bonds. The van der Waals surface area contributed by atoms with E-state index >= 15 is 0 Å². The van der Waals surface area contributed by atoms with Gasteiger partial charge >= 0.3 is 5.97 Å². The summed E-state index contributed by atoms with van der Waals surface area (Å²) in [4.78, 5) is 27.1. The molecule has 0 aliphatic heterocycles. The second-order valence-electron chi connectivity index (χ2n) is 9.57. The van der Waals surface area contributed by atoms with Gasteiger partial charge in [-0.1, -0.05) is 72.8 Å². The van der Waals surface area contributed by atoms with Gasteiger partial charge in [-0.05, 0) is 67.3 Å². The van der Waals surface area contributed by atoms with Crippen LogP contribution in [0.15, 0.2) is 97.1 Å². The van der Waals surface area contributed by atoms with Gasteiger partial charge in [0.05, 0.1) is 0 Å². The number of halogens is 2. The van der Waals surface area contributed by atoms with Gasteiger partial charge in [-0.3, -0.25) is 14.5 Å². The number of carbonyl (C=O) groups is 2. The van der Waals surface area contributed by atoms with E-state index in [4.69, 9.17) is 4.74 Å². The van der Waals surface area contributed by atoms with Crippen molar-refractivity contribution >= 4 is 17.6 Å². The highest BCUT2D eigenvalue weighted by molar-refractivity contribution is 6.09. The van der Waals surface area contributed by atoms with Gasteiger partial charge in [0.2, 0.25) is 0 Å². The summed E-state index contributed by atoms with van der Waals surface area (Å²) in [6.07, 6.45) is 0. The zero-order chi connectivity index (χ0) is 26.6. The Bertz CT molecular complexity index is 1390. The molecule has 4 aromatic rings. The van der Waals surface area contributed by atoms with Gasteiger partial charge in [0, 0.05) is 5.69 Å². The first-order chi connectivity index (χ1) is 17.6. The molecular formula is C31H27F2NO3. The number of benzene rings is 4. The molecule has 4 aromatic carbocycles. The van der Waals surface area contributed by atoms with Crippen LogP contribution in [0.3, 0.4) is 0 Å². The predicted octanol–water partition coefficient (Wildman–Crippen LogP) is 7.29. The number of nitrogens with zero attached hydrogens (tertiary/aromatic N) is 1. The van der Waals surface area contributed by atoms with E-state index < -0.39 is 41.2 Å². The average molecular weight is 500 g/mol. The Morgan fingerprint density at radius 1 is 0.703 bits per heavy atom. The first-order valence-electron chi connectivity index (χ1n) is 11.9. The SMILES string of the molecule is CC(C)(C)OC(=O)CN(C(=O)c1c(F)cccc1F)c1cccc(-c2ccc(-c3ccccc3)cc2)c1. The number of ether oxygens (including phenoxy) is 1. The third kappa shape index (κ3) is 6.28. The van der Waals surface area contributed by atoms with Crippen LogP contribution in [0.25, 0.3) is 22.3 Å². The molecule has 37 heavy (non-hydrogen) atoms. The van der Waals surface area contributed by atoms with Crippen molar-refractivity contribution < 1.29 is 23.1 Å². The molecule has 188 valence electrons. The lowest BCUT2D eigenvalue weighted by atomic mass is 10.00. The summed E-state index contributed by atoms with van der Waals surface area (Å²) in [6, 6.07) is 28.0. The topological polar surface area (TPSA) is 46.6 Å². The van der Waals surface area contributed by atoms with Crippen LogP contribution in [-0.4, -0.2) is 24.0 Å². The molecule has 6 heteroatoms. The molecule has 0 aliphatic rings. The van der Waals surface area contributed by atoms with Crippen molar-refractivity contribution in [3.05, 3.63) is 114 Å². The fraction of sp³-hybridized carbons (Fsp3) is 0.161. The maximum atomic E-state index is 14.5. The highest BCUT2D eigenvalue weighted by Gasteiger charge is 2.28. The van der Waals surface area contributed by atoms with E-state index in [-0.39, 0.29) is 0 Å². The molecule has 0 unspecified atom stereocenters. The van der Waals surface area contributed by atoms with Crippen LogP contribution in [0.2, 0.25) is 0 Å². The smallest absolute Gasteiger partial charge is 0.326 e. The first kappa shape index (κ1) is 25.8. The second kappa shape index (κ2) is 10.7. The number of anilines is 1. The molecule has 0 fully saturated rings. The Morgan fingerprint density at radius 2 is 1.22 bits per heavy atom. The molecule has 0 saturated carbocycles. The fourth-order valence-corrected chi connectivity index (χ4v) is 3.96. The molecule has 0 saturated heterocycles. The van der Waals surface area contributed by atoms with Crippen molar-refractivity contribution in [3.63, 3.8) is 0 Å². The van der Waals surface area contributed by atoms with Gasteiger partial charge in [0.25, 0.3) is 5.91 Å². The first-order valence-corrected chi connectivity index (χ1v) is 11.9. The molecule has 0 radical (unpaired) electrons. The van der Waals surface area contributed by atoms with Gasteiger partial charge in [-0.15, -0.1) is 0 Å². The van der Waals surface area contributed by atoms with Crippen LogP contribution in [0.4, 0.5) is 14.5 Å². The summed E-state index contributed by atoms with van der Waals surface area (Å²) >= 11 is 0. The van der Waals surface area contributed by atoms with Gasteiger partial charge in [-0.25, -0.2) is 8.78 Å². The summed E-state index contributed by atoms with van der Waals surface area (Å²) < 4.78 is 34.4. The molecular weight excluding hydrogens is 472 g/mol. The quantitative estimate of drug-likeness (QED) is 0.262. The van der Waals surface area contributed by atoms with Gasteiger partial charge in [0.1, 0.15) is 29.3 Å². The molecule has 0 bridgehead atoms. The highest BCUT2D eigenvalue weighted by atomic mass is 19.1. The van der Waals surface area contributed by atoms with Crippen LogP contribution < -0.4 is 4.90 Å². The van der Waals surface area contributed by atoms with Crippen LogP contribution in [-0.2, 0) is 9.53 Å². The predicted molar refractivity (Wildman–Crippen MR) is 141 cm³/mol. The number of carbonyl (C=O) groups excluding carboxylic acids is 2. The summed E-state index contributed by atoms with van der Waals surface area (Å²) in [7, 11) is 0. The maximum absolute atomic E-state index is 14.5. The summed E-state index contributed by atoms with van der Waals surface area (Å²) in [6.45, 7) is 4.59. The minimum absolute atomic E-state index is 0.308. The van der Waals surface area contributed by atoms with Crippen molar-refractivity contribution in [1.29, 1.82) is 0 Å². The van der Waals surface area contributed by atoms with Crippen LogP contribution in [0.1, 0.15) is 31.1 Å². The molecule has 0 atom stereocenters. The average Bonchev–Trinajstić information content (AvgIpc) is 2.87. The van der Waals surface area contributed by atoms with E-state index in [0.717, 1.165) is 39.3 Å². The molecule has 0 spiro atoms. The largest absolute Gasteiger partial charge is 0.459 e. The molecule has 0 aliphatic carbocycles. The maximum Gasteiger partial charge on any atom is 0.326 e.